The molecular formula is C23H23N3O2. The fourth-order valence-electron chi connectivity index (χ4n) is 4.51. The van der Waals surface area contributed by atoms with Crippen molar-refractivity contribution in [2.24, 2.45) is 0 Å². The average molecular weight is 373 g/mol. The van der Waals surface area contributed by atoms with Crippen LogP contribution in [0.1, 0.15) is 59.0 Å². The van der Waals surface area contributed by atoms with Gasteiger partial charge in [0.1, 0.15) is 5.82 Å². The zero-order chi connectivity index (χ0) is 19.1. The van der Waals surface area contributed by atoms with Gasteiger partial charge in [-0.3, -0.25) is 14.2 Å². The molecule has 0 saturated carbocycles. The van der Waals surface area contributed by atoms with E-state index in [4.69, 9.17) is 4.98 Å². The first-order chi connectivity index (χ1) is 13.7. The first kappa shape index (κ1) is 17.2. The number of carbonyl (C=O) groups excluding carboxylic acids is 1. The van der Waals surface area contributed by atoms with Crippen molar-refractivity contribution in [3.63, 3.8) is 0 Å². The normalized spacial score (nSPS) is 18.4. The van der Waals surface area contributed by atoms with Gasteiger partial charge in [0.25, 0.3) is 11.5 Å². The molecule has 0 saturated heterocycles. The lowest BCUT2D eigenvalue weighted by Crippen LogP contribution is -2.28. The average Bonchev–Trinajstić information content (AvgIpc) is 2.96. The van der Waals surface area contributed by atoms with Crippen molar-refractivity contribution in [1.82, 2.24) is 14.9 Å². The predicted molar refractivity (Wildman–Crippen MR) is 109 cm³/mol. The lowest BCUT2D eigenvalue weighted by molar-refractivity contribution is 0.0937. The highest BCUT2D eigenvalue weighted by Crippen LogP contribution is 2.31. The van der Waals surface area contributed by atoms with E-state index in [2.05, 4.69) is 17.4 Å². The molecule has 3 aromatic rings. The van der Waals surface area contributed by atoms with Gasteiger partial charge in [0, 0.05) is 18.5 Å². The maximum absolute atomic E-state index is 12.9. The van der Waals surface area contributed by atoms with Crippen LogP contribution in [0.15, 0.2) is 47.3 Å². The smallest absolute Gasteiger partial charge is 0.261 e. The second-order valence-electron chi connectivity index (χ2n) is 7.79. The molecule has 0 fully saturated rings. The first-order valence-corrected chi connectivity index (χ1v) is 10.1. The van der Waals surface area contributed by atoms with Crippen molar-refractivity contribution in [3.05, 3.63) is 75.3 Å². The fourth-order valence-corrected chi connectivity index (χ4v) is 4.51. The topological polar surface area (TPSA) is 64.0 Å². The van der Waals surface area contributed by atoms with Gasteiger partial charge >= 0.3 is 0 Å². The molecule has 5 rings (SSSR count). The molecule has 2 aliphatic rings. The molecule has 0 bridgehead atoms. The van der Waals surface area contributed by atoms with Crippen LogP contribution in [0.5, 0.6) is 0 Å². The Morgan fingerprint density at radius 1 is 1.07 bits per heavy atom. The van der Waals surface area contributed by atoms with E-state index in [0.29, 0.717) is 16.5 Å². The van der Waals surface area contributed by atoms with Gasteiger partial charge in [-0.15, -0.1) is 0 Å². The zero-order valence-corrected chi connectivity index (χ0v) is 15.8. The van der Waals surface area contributed by atoms with Crippen LogP contribution in [0.3, 0.4) is 0 Å². The molecule has 1 atom stereocenters. The monoisotopic (exact) mass is 373 g/mol. The Hall–Kier alpha value is -2.95. The maximum atomic E-state index is 12.9. The van der Waals surface area contributed by atoms with Crippen molar-refractivity contribution < 1.29 is 4.79 Å². The third-order valence-electron chi connectivity index (χ3n) is 6.02. The van der Waals surface area contributed by atoms with Gasteiger partial charge in [-0.05, 0) is 55.0 Å². The summed E-state index contributed by atoms with van der Waals surface area (Å²) in [6.45, 7) is 0.737. The summed E-state index contributed by atoms with van der Waals surface area (Å²) in [5, 5.41) is 3.74. The third-order valence-corrected chi connectivity index (χ3v) is 6.02. The molecule has 0 radical (unpaired) electrons. The molecule has 1 aliphatic heterocycles. The minimum absolute atomic E-state index is 0.0126. The lowest BCUT2D eigenvalue weighted by atomic mass is 10.1. The van der Waals surface area contributed by atoms with Crippen LogP contribution >= 0.6 is 0 Å². The SMILES string of the molecule is O=C(NC1CCc2ccccc21)c1ccc2c(=O)n3c(nc2c1)CCCCC3. The van der Waals surface area contributed by atoms with Gasteiger partial charge in [-0.25, -0.2) is 4.98 Å². The van der Waals surface area contributed by atoms with E-state index in [1.165, 1.54) is 11.1 Å². The van der Waals surface area contributed by atoms with Crippen LogP contribution in [0.2, 0.25) is 0 Å². The van der Waals surface area contributed by atoms with E-state index < -0.39 is 0 Å². The number of aryl methyl sites for hydroxylation is 2. The van der Waals surface area contributed by atoms with E-state index >= 15 is 0 Å². The summed E-state index contributed by atoms with van der Waals surface area (Å²) in [6.07, 6.45) is 5.92. The van der Waals surface area contributed by atoms with E-state index in [-0.39, 0.29) is 17.5 Å². The Balaban J connectivity index is 1.46. The number of nitrogens with zero attached hydrogens (tertiary/aromatic N) is 2. The summed E-state index contributed by atoms with van der Waals surface area (Å²) < 4.78 is 1.81. The molecule has 28 heavy (non-hydrogen) atoms. The van der Waals surface area contributed by atoms with Crippen LogP contribution < -0.4 is 10.9 Å². The van der Waals surface area contributed by atoms with Gasteiger partial charge < -0.3 is 5.32 Å². The molecule has 5 nitrogen and oxygen atoms in total. The van der Waals surface area contributed by atoms with Crippen LogP contribution in [0.4, 0.5) is 0 Å². The van der Waals surface area contributed by atoms with Crippen LogP contribution in [-0.4, -0.2) is 15.5 Å². The van der Waals surface area contributed by atoms with Crippen LogP contribution in [0, 0.1) is 0 Å². The van der Waals surface area contributed by atoms with E-state index in [0.717, 1.165) is 50.9 Å². The predicted octanol–water partition coefficient (Wildman–Crippen LogP) is 3.54. The van der Waals surface area contributed by atoms with Crippen molar-refractivity contribution in [2.75, 3.05) is 0 Å². The number of aromatic nitrogens is 2. The number of hydrogen-bond acceptors (Lipinski definition) is 3. The summed E-state index contributed by atoms with van der Waals surface area (Å²) in [6, 6.07) is 13.6. The Kier molecular flexibility index (Phi) is 4.23. The van der Waals surface area contributed by atoms with Crippen molar-refractivity contribution in [3.8, 4) is 0 Å². The molecule has 2 aromatic carbocycles. The van der Waals surface area contributed by atoms with Gasteiger partial charge in [0.15, 0.2) is 0 Å². The minimum atomic E-state index is -0.111. The second-order valence-corrected chi connectivity index (χ2v) is 7.79. The molecule has 1 N–H and O–H groups in total. The molecule has 5 heteroatoms. The summed E-state index contributed by atoms with van der Waals surface area (Å²) in [7, 11) is 0. The number of hydrogen-bond donors (Lipinski definition) is 1. The van der Waals surface area contributed by atoms with Gasteiger partial charge in [-0.2, -0.15) is 0 Å². The molecule has 1 unspecified atom stereocenters. The molecule has 1 aromatic heterocycles. The quantitative estimate of drug-likeness (QED) is 0.747. The highest BCUT2D eigenvalue weighted by atomic mass is 16.1. The second kappa shape index (κ2) is 6.89. The molecular weight excluding hydrogens is 350 g/mol. The van der Waals surface area contributed by atoms with Crippen molar-refractivity contribution in [2.45, 2.75) is 51.1 Å². The number of nitrogens with one attached hydrogen (secondary N) is 1. The Morgan fingerprint density at radius 3 is 2.89 bits per heavy atom. The van der Waals surface area contributed by atoms with Crippen LogP contribution in [0.25, 0.3) is 10.9 Å². The lowest BCUT2D eigenvalue weighted by Gasteiger charge is -2.15. The Bertz CT molecular complexity index is 1130. The maximum Gasteiger partial charge on any atom is 0.261 e. The Labute approximate surface area is 163 Å². The van der Waals surface area contributed by atoms with Gasteiger partial charge in [-0.1, -0.05) is 30.7 Å². The summed E-state index contributed by atoms with van der Waals surface area (Å²) in [4.78, 5) is 30.4. The minimum Gasteiger partial charge on any atom is -0.345 e. The largest absolute Gasteiger partial charge is 0.345 e. The number of benzene rings is 2. The van der Waals surface area contributed by atoms with E-state index in [9.17, 15) is 9.59 Å². The Morgan fingerprint density at radius 2 is 1.96 bits per heavy atom. The van der Waals surface area contributed by atoms with Gasteiger partial charge in [0.2, 0.25) is 0 Å². The molecule has 142 valence electrons. The zero-order valence-electron chi connectivity index (χ0n) is 15.8. The molecule has 0 spiro atoms. The molecule has 1 amide bonds. The van der Waals surface area contributed by atoms with Crippen LogP contribution in [-0.2, 0) is 19.4 Å². The summed E-state index contributed by atoms with van der Waals surface area (Å²) >= 11 is 0. The molecule has 2 heterocycles. The van der Waals surface area contributed by atoms with Crippen molar-refractivity contribution >= 4 is 16.8 Å². The number of carbonyl (C=O) groups is 1. The summed E-state index contributed by atoms with van der Waals surface area (Å²) in [5.74, 6) is 0.734. The van der Waals surface area contributed by atoms with E-state index in [1.807, 2.05) is 16.7 Å². The number of fused-ring (bicyclic) bond motifs is 3. The highest BCUT2D eigenvalue weighted by molar-refractivity contribution is 5.98. The summed E-state index contributed by atoms with van der Waals surface area (Å²) in [5.41, 5.74) is 3.71. The number of rotatable bonds is 2. The first-order valence-electron chi connectivity index (χ1n) is 10.1. The van der Waals surface area contributed by atoms with Gasteiger partial charge in [0.05, 0.1) is 16.9 Å². The van der Waals surface area contributed by atoms with E-state index in [1.54, 1.807) is 18.2 Å². The highest BCUT2D eigenvalue weighted by Gasteiger charge is 2.24. The third kappa shape index (κ3) is 2.91. The molecule has 1 aliphatic carbocycles. The number of amides is 1. The fraction of sp³-hybridized carbons (Fsp3) is 0.348. The standard InChI is InChI=1S/C23H23N3O2/c27-22(25-19-12-10-15-6-3-4-7-17(15)19)16-9-11-18-20(14-16)24-21-8-2-1-5-13-26(21)23(18)28/h3-4,6-7,9,11,14,19H,1-2,5,8,10,12-13H2,(H,25,27). The van der Waals surface area contributed by atoms with Crippen molar-refractivity contribution in [1.29, 1.82) is 0 Å².